The minimum Gasteiger partial charge on any atom is -0.491 e. The van der Waals surface area contributed by atoms with E-state index in [4.69, 9.17) is 14.2 Å². The highest BCUT2D eigenvalue weighted by molar-refractivity contribution is 5.64. The molecule has 0 bridgehead atoms. The molecule has 0 amide bonds. The first-order chi connectivity index (χ1) is 21.3. The Balaban J connectivity index is 0.964. The van der Waals surface area contributed by atoms with E-state index in [2.05, 4.69) is 101 Å². The number of benzene rings is 1. The summed E-state index contributed by atoms with van der Waals surface area (Å²) in [7, 11) is 0. The van der Waals surface area contributed by atoms with Crippen molar-refractivity contribution in [2.24, 2.45) is 11.0 Å². The molecule has 3 atom stereocenters. The second kappa shape index (κ2) is 13.0. The molecule has 236 valence electrons. The molecule has 0 spiro atoms. The van der Waals surface area contributed by atoms with Gasteiger partial charge in [0.25, 0.3) is 0 Å². The van der Waals surface area contributed by atoms with Gasteiger partial charge < -0.3 is 24.0 Å². The number of nitrogens with zero attached hydrogens (tertiary/aromatic N) is 8. The summed E-state index contributed by atoms with van der Waals surface area (Å²) in [5, 5.41) is 15.0. The maximum absolute atomic E-state index is 6.35. The fourth-order valence-electron chi connectivity index (χ4n) is 6.16. The average Bonchev–Trinajstić information content (AvgIpc) is 3.81. The highest BCUT2D eigenvalue weighted by Crippen LogP contribution is 2.34. The third-order valence-electron chi connectivity index (χ3n) is 9.17. The first-order valence-corrected chi connectivity index (χ1v) is 15.9. The molecule has 11 heteroatoms. The van der Waals surface area contributed by atoms with Crippen LogP contribution in [0.4, 0.5) is 5.69 Å². The second-order valence-corrected chi connectivity index (χ2v) is 12.3. The highest BCUT2D eigenvalue weighted by Gasteiger charge is 2.45. The number of allylic oxidation sites excluding steroid dienone is 4. The Labute approximate surface area is 261 Å². The Hall–Kier alpha value is -3.83. The van der Waals surface area contributed by atoms with Gasteiger partial charge in [-0.1, -0.05) is 27.4 Å². The zero-order valence-corrected chi connectivity index (χ0v) is 26.5. The quantitative estimate of drug-likeness (QED) is 0.365. The molecule has 0 N–H and O–H groups in total. The van der Waals surface area contributed by atoms with Crippen molar-refractivity contribution >= 4 is 12.0 Å². The van der Waals surface area contributed by atoms with E-state index >= 15 is 0 Å². The molecule has 6 rings (SSSR count). The van der Waals surface area contributed by atoms with Gasteiger partial charge in [0.2, 0.25) is 0 Å². The molecule has 2 aromatic rings. The molecule has 1 aromatic carbocycles. The molecule has 0 saturated carbocycles. The Bertz CT molecular complexity index is 1360. The maximum Gasteiger partial charge on any atom is 0.192 e. The minimum atomic E-state index is -0.752. The molecule has 3 aliphatic heterocycles. The topological polar surface area (TPSA) is 83.7 Å². The summed E-state index contributed by atoms with van der Waals surface area (Å²) in [6.07, 6.45) is 12.7. The summed E-state index contributed by atoms with van der Waals surface area (Å²) in [6, 6.07) is 8.76. The number of hydrogen-bond acceptors (Lipinski definition) is 10. The number of ether oxygens (including phenoxy) is 3. The number of rotatable bonds is 11. The summed E-state index contributed by atoms with van der Waals surface area (Å²) in [6.45, 7) is 18.2. The van der Waals surface area contributed by atoms with Crippen LogP contribution in [-0.4, -0.2) is 93.5 Å². The zero-order chi connectivity index (χ0) is 30.7. The van der Waals surface area contributed by atoms with E-state index in [1.807, 2.05) is 11.3 Å². The van der Waals surface area contributed by atoms with E-state index in [1.54, 1.807) is 17.2 Å². The summed E-state index contributed by atoms with van der Waals surface area (Å²) >= 11 is 0. The van der Waals surface area contributed by atoms with Crippen LogP contribution in [0, 0.1) is 5.92 Å². The van der Waals surface area contributed by atoms with Crippen molar-refractivity contribution in [1.82, 2.24) is 29.8 Å². The lowest BCUT2D eigenvalue weighted by Gasteiger charge is -2.39. The van der Waals surface area contributed by atoms with Crippen molar-refractivity contribution in [3.05, 3.63) is 72.6 Å². The third kappa shape index (κ3) is 6.34. The second-order valence-electron chi connectivity index (χ2n) is 12.3. The van der Waals surface area contributed by atoms with Gasteiger partial charge in [0, 0.05) is 49.2 Å². The van der Waals surface area contributed by atoms with Crippen LogP contribution in [0.15, 0.2) is 77.7 Å². The largest absolute Gasteiger partial charge is 0.491 e. The van der Waals surface area contributed by atoms with Gasteiger partial charge in [0.05, 0.1) is 25.0 Å². The van der Waals surface area contributed by atoms with Crippen LogP contribution in [0.5, 0.6) is 5.75 Å². The molecule has 2 fully saturated rings. The molecular weight excluding hydrogens is 556 g/mol. The molecule has 44 heavy (non-hydrogen) atoms. The fraction of sp³-hybridized carbons (Fsp3) is 0.545. The normalized spacial score (nSPS) is 24.8. The first kappa shape index (κ1) is 30.2. The maximum atomic E-state index is 6.35. The number of aromatic nitrogens is 3. The third-order valence-corrected chi connectivity index (χ3v) is 9.17. The molecule has 0 radical (unpaired) electrons. The van der Waals surface area contributed by atoms with E-state index in [1.165, 1.54) is 17.1 Å². The molecule has 3 unspecified atom stereocenters. The van der Waals surface area contributed by atoms with Crippen molar-refractivity contribution in [3.63, 3.8) is 0 Å². The SMILES string of the molecule is C=C1N(C2=CC=C(N3CCN(c4ccc(OCC5COC(Cn6nccn6)(C(C)C)O5)cc4)CC3)CC2)C=NN1C(C)CC. The minimum absolute atomic E-state index is 0.146. The van der Waals surface area contributed by atoms with Crippen LogP contribution >= 0.6 is 0 Å². The molecule has 11 nitrogen and oxygen atoms in total. The Kier molecular flexibility index (Phi) is 8.95. The predicted octanol–water partition coefficient (Wildman–Crippen LogP) is 4.64. The summed E-state index contributed by atoms with van der Waals surface area (Å²) < 4.78 is 18.6. The van der Waals surface area contributed by atoms with Crippen LogP contribution in [0.1, 0.15) is 47.0 Å². The number of hydrogen-bond donors (Lipinski definition) is 0. The predicted molar refractivity (Wildman–Crippen MR) is 171 cm³/mol. The number of anilines is 1. The van der Waals surface area contributed by atoms with E-state index in [9.17, 15) is 0 Å². The lowest BCUT2D eigenvalue weighted by atomic mass is 10.0. The van der Waals surface area contributed by atoms with Crippen molar-refractivity contribution in [2.75, 3.05) is 44.3 Å². The van der Waals surface area contributed by atoms with Crippen LogP contribution in [0.2, 0.25) is 0 Å². The summed E-state index contributed by atoms with van der Waals surface area (Å²) in [5.41, 5.74) is 3.89. The van der Waals surface area contributed by atoms with Crippen LogP contribution in [0.3, 0.4) is 0 Å². The molecule has 4 aliphatic rings. The standard InChI is InChI=1S/C33H46N8O3/c1-6-26(4)41-27(5)39(24-36-41)30-9-7-28(8-10-30)37-17-19-38(20-18-37)29-11-13-31(14-12-29)42-21-32-22-43-33(44-32,25(2)3)23-40-34-15-16-35-40/h7,9,11-16,24-26,32H,5-6,8,10,17-23H2,1-4H3. The Morgan fingerprint density at radius 2 is 1.66 bits per heavy atom. The van der Waals surface area contributed by atoms with E-state index in [0.717, 1.165) is 57.0 Å². The van der Waals surface area contributed by atoms with Crippen molar-refractivity contribution in [2.45, 2.75) is 71.4 Å². The number of hydrazone groups is 1. The van der Waals surface area contributed by atoms with Gasteiger partial charge in [-0.25, -0.2) is 5.01 Å². The average molecular weight is 603 g/mol. The van der Waals surface area contributed by atoms with Crippen molar-refractivity contribution < 1.29 is 14.2 Å². The van der Waals surface area contributed by atoms with Crippen molar-refractivity contribution in [1.29, 1.82) is 0 Å². The Morgan fingerprint density at radius 3 is 2.32 bits per heavy atom. The van der Waals surface area contributed by atoms with Gasteiger partial charge >= 0.3 is 0 Å². The Morgan fingerprint density at radius 1 is 0.977 bits per heavy atom. The van der Waals surface area contributed by atoms with Gasteiger partial charge in [0.1, 0.15) is 37.2 Å². The zero-order valence-electron chi connectivity index (χ0n) is 26.5. The van der Waals surface area contributed by atoms with E-state index < -0.39 is 5.79 Å². The van der Waals surface area contributed by atoms with Crippen LogP contribution in [-0.2, 0) is 16.0 Å². The van der Waals surface area contributed by atoms with E-state index in [-0.39, 0.29) is 12.0 Å². The van der Waals surface area contributed by atoms with Gasteiger partial charge in [-0.3, -0.25) is 4.90 Å². The summed E-state index contributed by atoms with van der Waals surface area (Å²) in [4.78, 5) is 8.74. The van der Waals surface area contributed by atoms with Gasteiger partial charge in [-0.05, 0) is 62.6 Å². The fourth-order valence-corrected chi connectivity index (χ4v) is 6.16. The van der Waals surface area contributed by atoms with Gasteiger partial charge in [-0.2, -0.15) is 20.1 Å². The van der Waals surface area contributed by atoms with Crippen LogP contribution < -0.4 is 9.64 Å². The van der Waals surface area contributed by atoms with E-state index in [0.29, 0.717) is 25.8 Å². The molecule has 4 heterocycles. The summed E-state index contributed by atoms with van der Waals surface area (Å²) in [5.74, 6) is 1.17. The van der Waals surface area contributed by atoms with Gasteiger partial charge in [-0.15, -0.1) is 0 Å². The van der Waals surface area contributed by atoms with Gasteiger partial charge in [0.15, 0.2) is 5.79 Å². The lowest BCUT2D eigenvalue weighted by Crippen LogP contribution is -2.46. The lowest BCUT2D eigenvalue weighted by molar-refractivity contribution is -0.211. The molecule has 2 saturated heterocycles. The van der Waals surface area contributed by atoms with Crippen LogP contribution in [0.25, 0.3) is 0 Å². The molecule has 1 aromatic heterocycles. The smallest absolute Gasteiger partial charge is 0.192 e. The molecule has 1 aliphatic carbocycles. The molecular formula is C33H46N8O3. The monoisotopic (exact) mass is 602 g/mol. The number of piperazine rings is 1. The van der Waals surface area contributed by atoms with Crippen molar-refractivity contribution in [3.8, 4) is 5.75 Å². The first-order valence-electron chi connectivity index (χ1n) is 15.9. The highest BCUT2D eigenvalue weighted by atomic mass is 16.8.